The van der Waals surface area contributed by atoms with E-state index in [-0.39, 0.29) is 11.6 Å². The first kappa shape index (κ1) is 15.1. The Hall–Kier alpha value is -0.920. The van der Waals surface area contributed by atoms with Crippen LogP contribution in [0.1, 0.15) is 27.7 Å². The van der Waals surface area contributed by atoms with Crippen LogP contribution in [0.4, 0.5) is 0 Å². The molecule has 0 bridgehead atoms. The van der Waals surface area contributed by atoms with E-state index in [0.717, 1.165) is 0 Å². The van der Waals surface area contributed by atoms with Gasteiger partial charge in [0.05, 0.1) is 11.9 Å². The first-order valence-corrected chi connectivity index (χ1v) is 7.39. The molecule has 0 amide bonds. The molecule has 104 valence electrons. The topological polar surface area (TPSA) is 75.4 Å². The van der Waals surface area contributed by atoms with Gasteiger partial charge >= 0.3 is 0 Å². The number of aromatic nitrogens is 2. The summed E-state index contributed by atoms with van der Waals surface area (Å²) in [4.78, 5) is 3.91. The third-order valence-electron chi connectivity index (χ3n) is 2.49. The molecule has 0 saturated carbocycles. The lowest BCUT2D eigenvalue weighted by atomic mass is 10.1. The van der Waals surface area contributed by atoms with Crippen molar-refractivity contribution in [3.8, 4) is 0 Å². The van der Waals surface area contributed by atoms with Gasteiger partial charge in [-0.25, -0.2) is 13.4 Å². The molecule has 18 heavy (non-hydrogen) atoms. The highest BCUT2D eigenvalue weighted by atomic mass is 32.2. The number of sulfonamides is 1. The van der Waals surface area contributed by atoms with Crippen molar-refractivity contribution in [2.75, 3.05) is 13.1 Å². The van der Waals surface area contributed by atoms with Gasteiger partial charge in [0.25, 0.3) is 10.0 Å². The number of aliphatic hydroxyl groups is 1. The maximum absolute atomic E-state index is 12.3. The Kier molecular flexibility index (Phi) is 4.52. The molecule has 0 aliphatic rings. The molecule has 7 heteroatoms. The molecule has 0 atom stereocenters. The van der Waals surface area contributed by atoms with Gasteiger partial charge < -0.3 is 9.67 Å². The molecule has 6 nitrogen and oxygen atoms in total. The Morgan fingerprint density at radius 1 is 1.44 bits per heavy atom. The summed E-state index contributed by atoms with van der Waals surface area (Å²) in [5.41, 5.74) is -1.07. The Morgan fingerprint density at radius 2 is 2.06 bits per heavy atom. The summed E-state index contributed by atoms with van der Waals surface area (Å²) in [6.45, 7) is 7.81. The second kappa shape index (κ2) is 5.38. The van der Waals surface area contributed by atoms with Crippen molar-refractivity contribution < 1.29 is 13.5 Å². The van der Waals surface area contributed by atoms with Crippen molar-refractivity contribution in [2.45, 2.75) is 44.9 Å². The number of hydrogen-bond donors (Lipinski definition) is 1. The summed E-state index contributed by atoms with van der Waals surface area (Å²) in [6.07, 6.45) is 2.99. The van der Waals surface area contributed by atoms with Crippen molar-refractivity contribution in [3.63, 3.8) is 0 Å². The molecule has 1 aromatic rings. The lowest BCUT2D eigenvalue weighted by Crippen LogP contribution is -2.42. The van der Waals surface area contributed by atoms with Gasteiger partial charge in [-0.15, -0.1) is 0 Å². The molecule has 0 fully saturated rings. The number of hydrogen-bond acceptors (Lipinski definition) is 4. The van der Waals surface area contributed by atoms with Gasteiger partial charge in [0.2, 0.25) is 0 Å². The number of likely N-dealkylation sites (N-methyl/N-ethyl adjacent to an activating group) is 1. The molecule has 1 heterocycles. The van der Waals surface area contributed by atoms with E-state index in [9.17, 15) is 13.5 Å². The highest BCUT2D eigenvalue weighted by molar-refractivity contribution is 7.89. The Balaban J connectivity index is 3.03. The number of rotatable bonds is 6. The third kappa shape index (κ3) is 3.54. The Morgan fingerprint density at radius 3 is 2.44 bits per heavy atom. The number of aryl methyl sites for hydroxylation is 1. The van der Waals surface area contributed by atoms with Crippen LogP contribution >= 0.6 is 0 Å². The van der Waals surface area contributed by atoms with Crippen LogP contribution in [-0.2, 0) is 16.6 Å². The molecular formula is C11H21N3O3S. The summed E-state index contributed by atoms with van der Waals surface area (Å²) in [5.74, 6) is 0. The van der Waals surface area contributed by atoms with Gasteiger partial charge in [0, 0.05) is 25.8 Å². The van der Waals surface area contributed by atoms with E-state index in [2.05, 4.69) is 4.98 Å². The second-order valence-electron chi connectivity index (χ2n) is 4.79. The molecule has 1 aromatic heterocycles. The molecule has 0 unspecified atom stereocenters. The van der Waals surface area contributed by atoms with Crippen molar-refractivity contribution in [1.82, 2.24) is 13.9 Å². The monoisotopic (exact) mass is 275 g/mol. The number of nitrogens with zero attached hydrogens (tertiary/aromatic N) is 3. The highest BCUT2D eigenvalue weighted by Crippen LogP contribution is 2.16. The zero-order valence-electron chi connectivity index (χ0n) is 11.3. The van der Waals surface area contributed by atoms with Gasteiger partial charge in [0.15, 0.2) is 5.03 Å². The summed E-state index contributed by atoms with van der Waals surface area (Å²) in [6, 6.07) is 0. The largest absolute Gasteiger partial charge is 0.389 e. The molecule has 0 spiro atoms. The molecule has 0 aromatic carbocycles. The van der Waals surface area contributed by atoms with E-state index in [1.807, 2.05) is 6.92 Å². The predicted molar refractivity (Wildman–Crippen MR) is 68.6 cm³/mol. The zero-order valence-corrected chi connectivity index (χ0v) is 12.1. The maximum Gasteiger partial charge on any atom is 0.262 e. The van der Waals surface area contributed by atoms with E-state index in [1.54, 1.807) is 25.3 Å². The van der Waals surface area contributed by atoms with Gasteiger partial charge in [0.1, 0.15) is 0 Å². The molecule has 0 saturated heterocycles. The van der Waals surface area contributed by atoms with E-state index in [0.29, 0.717) is 13.1 Å². The van der Waals surface area contributed by atoms with E-state index < -0.39 is 15.6 Å². The van der Waals surface area contributed by atoms with Gasteiger partial charge in [-0.05, 0) is 20.8 Å². The van der Waals surface area contributed by atoms with Crippen molar-refractivity contribution in [2.24, 2.45) is 0 Å². The van der Waals surface area contributed by atoms with Crippen LogP contribution in [0.2, 0.25) is 0 Å². The quantitative estimate of drug-likeness (QED) is 0.828. The lowest BCUT2D eigenvalue weighted by Gasteiger charge is -2.26. The fraction of sp³-hybridized carbons (Fsp3) is 0.727. The minimum absolute atomic E-state index is 0.0236. The average Bonchev–Trinajstić information content (AvgIpc) is 2.73. The van der Waals surface area contributed by atoms with Gasteiger partial charge in [-0.1, -0.05) is 6.92 Å². The Bertz CT molecular complexity index is 488. The minimum atomic E-state index is -3.63. The molecule has 1 N–H and O–H groups in total. The summed E-state index contributed by atoms with van der Waals surface area (Å²) in [5, 5.41) is 9.77. The number of imidazole rings is 1. The highest BCUT2D eigenvalue weighted by Gasteiger charge is 2.29. The second-order valence-corrected chi connectivity index (χ2v) is 6.67. The standard InChI is InChI=1S/C11H21N3O3S/c1-5-13-7-10(12-9-13)18(16,17)14(6-2)8-11(3,4)15/h7,9,15H,5-6,8H2,1-4H3. The predicted octanol–water partition coefficient (Wildman–Crippen LogP) is 0.684. The normalized spacial score (nSPS) is 13.2. The lowest BCUT2D eigenvalue weighted by molar-refractivity contribution is 0.0601. The first-order chi connectivity index (χ1) is 8.20. The van der Waals surface area contributed by atoms with Crippen LogP contribution in [0.3, 0.4) is 0 Å². The summed E-state index contributed by atoms with van der Waals surface area (Å²) in [7, 11) is -3.63. The summed E-state index contributed by atoms with van der Waals surface area (Å²) < 4.78 is 27.5. The van der Waals surface area contributed by atoms with Crippen LogP contribution in [0, 0.1) is 0 Å². The van der Waals surface area contributed by atoms with E-state index in [4.69, 9.17) is 0 Å². The smallest absolute Gasteiger partial charge is 0.262 e. The fourth-order valence-electron chi connectivity index (χ4n) is 1.58. The first-order valence-electron chi connectivity index (χ1n) is 5.95. The fourth-order valence-corrected chi connectivity index (χ4v) is 3.12. The molecule has 0 aliphatic heterocycles. The minimum Gasteiger partial charge on any atom is -0.389 e. The van der Waals surface area contributed by atoms with Gasteiger partial charge in [-0.2, -0.15) is 4.31 Å². The molecular weight excluding hydrogens is 254 g/mol. The Labute approximate surface area is 108 Å². The van der Waals surface area contributed by atoms with Gasteiger partial charge in [-0.3, -0.25) is 0 Å². The summed E-state index contributed by atoms with van der Waals surface area (Å²) >= 11 is 0. The zero-order chi connectivity index (χ0) is 14.0. The molecule has 0 radical (unpaired) electrons. The average molecular weight is 275 g/mol. The molecule has 0 aliphatic carbocycles. The van der Waals surface area contributed by atoms with Crippen LogP contribution in [-0.4, -0.2) is 46.1 Å². The van der Waals surface area contributed by atoms with Crippen LogP contribution in [0.25, 0.3) is 0 Å². The van der Waals surface area contributed by atoms with E-state index >= 15 is 0 Å². The van der Waals surface area contributed by atoms with Crippen LogP contribution in [0.15, 0.2) is 17.6 Å². The third-order valence-corrected chi connectivity index (χ3v) is 4.30. The van der Waals surface area contributed by atoms with Crippen LogP contribution in [0.5, 0.6) is 0 Å². The van der Waals surface area contributed by atoms with E-state index in [1.165, 1.54) is 16.8 Å². The molecule has 1 rings (SSSR count). The van der Waals surface area contributed by atoms with Crippen LogP contribution < -0.4 is 0 Å². The van der Waals surface area contributed by atoms with Crippen molar-refractivity contribution in [3.05, 3.63) is 12.5 Å². The van der Waals surface area contributed by atoms with Crippen molar-refractivity contribution in [1.29, 1.82) is 0 Å². The SMILES string of the molecule is CCN(CC(C)(C)O)S(=O)(=O)c1cn(CC)cn1. The maximum atomic E-state index is 12.3. The van der Waals surface area contributed by atoms with Crippen molar-refractivity contribution >= 4 is 10.0 Å².